The lowest BCUT2D eigenvalue weighted by Crippen LogP contribution is -1.87. The Balaban J connectivity index is 3.21. The molecule has 0 bridgehead atoms. The van der Waals surface area contributed by atoms with Gasteiger partial charge >= 0.3 is 0 Å². The van der Waals surface area contributed by atoms with Crippen molar-refractivity contribution < 1.29 is 5.11 Å². The number of hydrogen-bond donors (Lipinski definition) is 1. The summed E-state index contributed by atoms with van der Waals surface area (Å²) in [6.45, 7) is 0. The summed E-state index contributed by atoms with van der Waals surface area (Å²) in [5, 5.41) is 26.5. The molecule has 4 heteroatoms. The molecule has 0 aliphatic heterocycles. The lowest BCUT2D eigenvalue weighted by Gasteiger charge is -1.99. The molecular formula is C10H5IN2O. The number of nitriles is 2. The molecule has 14 heavy (non-hydrogen) atoms. The van der Waals surface area contributed by atoms with Crippen molar-refractivity contribution in [3.63, 3.8) is 0 Å². The number of halogens is 1. The van der Waals surface area contributed by atoms with Gasteiger partial charge in [-0.2, -0.15) is 10.5 Å². The van der Waals surface area contributed by atoms with Crippen LogP contribution in [-0.2, 0) is 0 Å². The molecule has 3 nitrogen and oxygen atoms in total. The molecule has 1 N–H and O–H groups in total. The fraction of sp³-hybridized carbons (Fsp3) is 0. The van der Waals surface area contributed by atoms with Crippen LogP contribution in [0.2, 0.25) is 0 Å². The van der Waals surface area contributed by atoms with Crippen LogP contribution in [-0.4, -0.2) is 5.11 Å². The van der Waals surface area contributed by atoms with Crippen LogP contribution in [0, 0.1) is 26.2 Å². The molecule has 0 heterocycles. The smallest absolute Gasteiger partial charge is 0.171 e. The number of aliphatic hydroxyl groups excluding tert-OH is 1. The van der Waals surface area contributed by atoms with Crippen molar-refractivity contribution in [3.8, 4) is 12.1 Å². The Labute approximate surface area is 95.0 Å². The second kappa shape index (κ2) is 4.64. The van der Waals surface area contributed by atoms with Gasteiger partial charge in [0.1, 0.15) is 12.1 Å². The summed E-state index contributed by atoms with van der Waals surface area (Å²) in [6.07, 6.45) is 0. The monoisotopic (exact) mass is 296 g/mol. The summed E-state index contributed by atoms with van der Waals surface area (Å²) in [5.74, 6) is -0.272. The van der Waals surface area contributed by atoms with E-state index in [-0.39, 0.29) is 11.3 Å². The number of rotatable bonds is 1. The summed E-state index contributed by atoms with van der Waals surface area (Å²) in [6, 6.07) is 10.2. The predicted molar refractivity (Wildman–Crippen MR) is 59.9 cm³/mol. The van der Waals surface area contributed by atoms with Crippen LogP contribution in [0.3, 0.4) is 0 Å². The van der Waals surface area contributed by atoms with Gasteiger partial charge in [-0.25, -0.2) is 0 Å². The minimum absolute atomic E-state index is 0.272. The van der Waals surface area contributed by atoms with Gasteiger partial charge in [-0.15, -0.1) is 0 Å². The van der Waals surface area contributed by atoms with E-state index >= 15 is 0 Å². The zero-order valence-electron chi connectivity index (χ0n) is 7.03. The van der Waals surface area contributed by atoms with Crippen molar-refractivity contribution in [1.29, 1.82) is 10.5 Å². The van der Waals surface area contributed by atoms with Crippen molar-refractivity contribution in [2.24, 2.45) is 0 Å². The number of benzene rings is 1. The quantitative estimate of drug-likeness (QED) is 0.492. The molecule has 0 aromatic heterocycles. The van der Waals surface area contributed by atoms with Crippen LogP contribution in [0.15, 0.2) is 29.8 Å². The molecule has 0 aliphatic carbocycles. The number of allylic oxidation sites excluding steroid dienone is 1. The largest absolute Gasteiger partial charge is 0.505 e. The Hall–Kier alpha value is -1.53. The van der Waals surface area contributed by atoms with Gasteiger partial charge in [-0.1, -0.05) is 12.1 Å². The van der Waals surface area contributed by atoms with Crippen LogP contribution in [0.1, 0.15) is 5.56 Å². The van der Waals surface area contributed by atoms with Gasteiger partial charge in [0.15, 0.2) is 11.3 Å². The Morgan fingerprint density at radius 3 is 2.07 bits per heavy atom. The zero-order valence-corrected chi connectivity index (χ0v) is 9.19. The SMILES string of the molecule is N#CC(C#N)=C(O)c1ccc(I)cc1. The fourth-order valence-electron chi connectivity index (χ4n) is 0.883. The Morgan fingerprint density at radius 1 is 1.14 bits per heavy atom. The first-order chi connectivity index (χ1) is 6.69. The van der Waals surface area contributed by atoms with Crippen LogP contribution in [0.25, 0.3) is 5.76 Å². The molecule has 1 aromatic rings. The van der Waals surface area contributed by atoms with Crippen LogP contribution < -0.4 is 0 Å². The summed E-state index contributed by atoms with van der Waals surface area (Å²) in [4.78, 5) is 0. The van der Waals surface area contributed by atoms with E-state index in [0.29, 0.717) is 5.56 Å². The highest BCUT2D eigenvalue weighted by Crippen LogP contribution is 2.16. The molecule has 0 radical (unpaired) electrons. The van der Waals surface area contributed by atoms with E-state index in [0.717, 1.165) is 3.57 Å². The van der Waals surface area contributed by atoms with E-state index < -0.39 is 0 Å². The fourth-order valence-corrected chi connectivity index (χ4v) is 1.24. The molecular weight excluding hydrogens is 291 g/mol. The number of nitrogens with zero attached hydrogens (tertiary/aromatic N) is 2. The van der Waals surface area contributed by atoms with Crippen molar-refractivity contribution in [1.82, 2.24) is 0 Å². The standard InChI is InChI=1S/C10H5IN2O/c11-9-3-1-7(2-4-9)10(14)8(5-12)6-13/h1-4,14H. The first kappa shape index (κ1) is 10.6. The third-order valence-corrected chi connectivity index (χ3v) is 2.30. The van der Waals surface area contributed by atoms with E-state index in [1.807, 2.05) is 0 Å². The number of aliphatic hydroxyl groups is 1. The summed E-state index contributed by atoms with van der Waals surface area (Å²) < 4.78 is 1.02. The molecule has 0 atom stereocenters. The predicted octanol–water partition coefficient (Wildman–Crippen LogP) is 2.61. The van der Waals surface area contributed by atoms with Crippen molar-refractivity contribution in [2.45, 2.75) is 0 Å². The van der Waals surface area contributed by atoms with E-state index in [9.17, 15) is 5.11 Å². The van der Waals surface area contributed by atoms with Crippen molar-refractivity contribution in [2.75, 3.05) is 0 Å². The third-order valence-electron chi connectivity index (χ3n) is 1.58. The van der Waals surface area contributed by atoms with Gasteiger partial charge in [0.05, 0.1) is 0 Å². The summed E-state index contributed by atoms with van der Waals surface area (Å²) in [5.41, 5.74) is 0.203. The van der Waals surface area contributed by atoms with Gasteiger partial charge in [-0.3, -0.25) is 0 Å². The highest BCUT2D eigenvalue weighted by atomic mass is 127. The molecule has 0 aliphatic rings. The molecule has 1 aromatic carbocycles. The molecule has 0 spiro atoms. The molecule has 0 saturated carbocycles. The third kappa shape index (κ3) is 2.24. The van der Waals surface area contributed by atoms with E-state index in [4.69, 9.17) is 10.5 Å². The first-order valence-electron chi connectivity index (χ1n) is 3.68. The maximum absolute atomic E-state index is 9.50. The highest BCUT2D eigenvalue weighted by Gasteiger charge is 2.06. The number of hydrogen-bond acceptors (Lipinski definition) is 3. The van der Waals surface area contributed by atoms with Crippen LogP contribution in [0.5, 0.6) is 0 Å². The molecule has 0 fully saturated rings. The molecule has 0 unspecified atom stereocenters. The molecule has 68 valence electrons. The van der Waals surface area contributed by atoms with E-state index in [1.165, 1.54) is 0 Å². The van der Waals surface area contributed by atoms with Crippen LogP contribution >= 0.6 is 22.6 Å². The van der Waals surface area contributed by atoms with Crippen molar-refractivity contribution in [3.05, 3.63) is 39.0 Å². The van der Waals surface area contributed by atoms with E-state index in [2.05, 4.69) is 22.6 Å². The lowest BCUT2D eigenvalue weighted by molar-refractivity contribution is 0.510. The van der Waals surface area contributed by atoms with E-state index in [1.54, 1.807) is 36.4 Å². The van der Waals surface area contributed by atoms with Gasteiger partial charge in [0.2, 0.25) is 0 Å². The van der Waals surface area contributed by atoms with Crippen LogP contribution in [0.4, 0.5) is 0 Å². The minimum atomic E-state index is -0.272. The molecule has 0 saturated heterocycles. The first-order valence-corrected chi connectivity index (χ1v) is 4.76. The maximum Gasteiger partial charge on any atom is 0.171 e. The average molecular weight is 296 g/mol. The minimum Gasteiger partial charge on any atom is -0.505 e. The van der Waals surface area contributed by atoms with Crippen molar-refractivity contribution >= 4 is 28.4 Å². The maximum atomic E-state index is 9.50. The summed E-state index contributed by atoms with van der Waals surface area (Å²) in [7, 11) is 0. The molecule has 0 amide bonds. The topological polar surface area (TPSA) is 67.8 Å². The molecule has 1 rings (SSSR count). The Morgan fingerprint density at radius 2 is 1.64 bits per heavy atom. The zero-order chi connectivity index (χ0) is 10.6. The summed E-state index contributed by atoms with van der Waals surface area (Å²) >= 11 is 2.13. The average Bonchev–Trinajstić information content (AvgIpc) is 2.20. The van der Waals surface area contributed by atoms with Gasteiger partial charge in [0.25, 0.3) is 0 Å². The van der Waals surface area contributed by atoms with Gasteiger partial charge in [0, 0.05) is 9.13 Å². The van der Waals surface area contributed by atoms with Gasteiger partial charge in [-0.05, 0) is 34.7 Å². The van der Waals surface area contributed by atoms with Gasteiger partial charge < -0.3 is 5.11 Å². The Kier molecular flexibility index (Phi) is 3.49. The second-order valence-electron chi connectivity index (χ2n) is 2.45. The normalized spacial score (nSPS) is 8.50. The lowest BCUT2D eigenvalue weighted by atomic mass is 10.1. The Bertz CT molecular complexity index is 432. The second-order valence-corrected chi connectivity index (χ2v) is 3.70. The highest BCUT2D eigenvalue weighted by molar-refractivity contribution is 14.1.